The summed E-state index contributed by atoms with van der Waals surface area (Å²) in [4.78, 5) is 0.625. The maximum atomic E-state index is 13.0. The lowest BCUT2D eigenvalue weighted by Gasteiger charge is -2.10. The highest BCUT2D eigenvalue weighted by molar-refractivity contribution is 7.85. The van der Waals surface area contributed by atoms with Gasteiger partial charge in [0.25, 0.3) is 0 Å². The fourth-order valence-electron chi connectivity index (χ4n) is 2.15. The lowest BCUT2D eigenvalue weighted by atomic mass is 10.1. The van der Waals surface area contributed by atoms with E-state index in [-0.39, 0.29) is 18.8 Å². The number of nitrogen functional groups attached to an aromatic ring is 1. The van der Waals surface area contributed by atoms with Crippen LogP contribution in [-0.4, -0.2) is 15.9 Å². The normalized spacial score (nSPS) is 24.7. The van der Waals surface area contributed by atoms with Crippen molar-refractivity contribution in [3.05, 3.63) is 24.3 Å². The maximum absolute atomic E-state index is 13.0. The topological polar surface area (TPSA) is 43.1 Å². The first-order valence-electron chi connectivity index (χ1n) is 5.58. The van der Waals surface area contributed by atoms with Crippen molar-refractivity contribution in [1.82, 2.24) is 0 Å². The van der Waals surface area contributed by atoms with E-state index in [4.69, 9.17) is 5.73 Å². The number of hydrogen-bond acceptors (Lipinski definition) is 2. The minimum Gasteiger partial charge on any atom is -0.399 e. The second kappa shape index (κ2) is 4.72. The number of nitrogens with two attached hydrogens (primary N) is 1. The van der Waals surface area contributed by atoms with Crippen LogP contribution in [0.4, 0.5) is 14.5 Å². The van der Waals surface area contributed by atoms with E-state index in [2.05, 4.69) is 0 Å². The third kappa shape index (κ3) is 3.25. The predicted octanol–water partition coefficient (Wildman–Crippen LogP) is 2.81. The van der Waals surface area contributed by atoms with Crippen molar-refractivity contribution in [2.75, 3.05) is 11.5 Å². The van der Waals surface area contributed by atoms with Gasteiger partial charge in [0, 0.05) is 29.2 Å². The van der Waals surface area contributed by atoms with E-state index >= 15 is 0 Å². The highest BCUT2D eigenvalue weighted by Gasteiger charge is 2.39. The van der Waals surface area contributed by atoms with Crippen LogP contribution < -0.4 is 5.73 Å². The summed E-state index contributed by atoms with van der Waals surface area (Å²) in [7, 11) is -1.23. The van der Waals surface area contributed by atoms with E-state index < -0.39 is 16.7 Å². The number of hydrogen-bond donors (Lipinski definition) is 1. The average molecular weight is 259 g/mol. The Morgan fingerprint density at radius 2 is 2.24 bits per heavy atom. The summed E-state index contributed by atoms with van der Waals surface area (Å²) >= 11 is 0. The summed E-state index contributed by atoms with van der Waals surface area (Å²) in [6.45, 7) is 0. The highest BCUT2D eigenvalue weighted by atomic mass is 32.2. The Bertz CT molecular complexity index is 436. The molecule has 0 aromatic heterocycles. The van der Waals surface area contributed by atoms with Crippen molar-refractivity contribution in [3.63, 3.8) is 0 Å². The van der Waals surface area contributed by atoms with Gasteiger partial charge >= 0.3 is 0 Å². The third-order valence-electron chi connectivity index (χ3n) is 3.01. The Kier molecular flexibility index (Phi) is 3.47. The zero-order chi connectivity index (χ0) is 12.5. The van der Waals surface area contributed by atoms with Crippen LogP contribution in [0.1, 0.15) is 19.3 Å². The lowest BCUT2D eigenvalue weighted by molar-refractivity contribution is 0.00594. The van der Waals surface area contributed by atoms with Crippen LogP contribution in [0.15, 0.2) is 29.2 Å². The Morgan fingerprint density at radius 3 is 2.82 bits per heavy atom. The van der Waals surface area contributed by atoms with Gasteiger partial charge in [0.15, 0.2) is 0 Å². The molecule has 2 nitrogen and oxygen atoms in total. The molecule has 2 unspecified atom stereocenters. The molecule has 2 N–H and O–H groups in total. The summed E-state index contributed by atoms with van der Waals surface area (Å²) in [6.07, 6.45) is 0.244. The second-order valence-corrected chi connectivity index (χ2v) is 6.05. The highest BCUT2D eigenvalue weighted by Crippen LogP contribution is 2.39. The molecular formula is C12H15F2NOS. The van der Waals surface area contributed by atoms with Crippen LogP contribution in [0.5, 0.6) is 0 Å². The van der Waals surface area contributed by atoms with Gasteiger partial charge in [-0.05, 0) is 30.5 Å². The molecule has 2 rings (SSSR count). The fraction of sp³-hybridized carbons (Fsp3) is 0.500. The number of alkyl halides is 2. The van der Waals surface area contributed by atoms with Crippen molar-refractivity contribution in [2.24, 2.45) is 5.92 Å². The summed E-state index contributed by atoms with van der Waals surface area (Å²) in [5, 5.41) is 0. The van der Waals surface area contributed by atoms with Gasteiger partial charge in [0.2, 0.25) is 5.92 Å². The molecular weight excluding hydrogens is 244 g/mol. The van der Waals surface area contributed by atoms with Crippen LogP contribution in [0, 0.1) is 5.92 Å². The SMILES string of the molecule is Nc1cccc(S(=O)CC2CCC(F)(F)C2)c1. The number of anilines is 1. The summed E-state index contributed by atoms with van der Waals surface area (Å²) in [6, 6.07) is 6.80. The summed E-state index contributed by atoms with van der Waals surface area (Å²) in [5.41, 5.74) is 6.14. The Labute approximate surface area is 102 Å². The van der Waals surface area contributed by atoms with E-state index in [1.54, 1.807) is 24.3 Å². The van der Waals surface area contributed by atoms with Crippen molar-refractivity contribution in [2.45, 2.75) is 30.1 Å². The minimum atomic E-state index is -2.56. The van der Waals surface area contributed by atoms with E-state index in [0.29, 0.717) is 22.8 Å². The molecule has 0 saturated heterocycles. The third-order valence-corrected chi connectivity index (χ3v) is 4.57. The van der Waals surface area contributed by atoms with Gasteiger partial charge in [-0.1, -0.05) is 6.07 Å². The molecule has 2 atom stereocenters. The molecule has 0 bridgehead atoms. The van der Waals surface area contributed by atoms with Crippen LogP contribution in [0.2, 0.25) is 0 Å². The van der Waals surface area contributed by atoms with Gasteiger partial charge in [0.05, 0.1) is 10.8 Å². The fourth-order valence-corrected chi connectivity index (χ4v) is 3.55. The van der Waals surface area contributed by atoms with E-state index in [0.717, 1.165) is 0 Å². The van der Waals surface area contributed by atoms with E-state index in [9.17, 15) is 13.0 Å². The zero-order valence-corrected chi connectivity index (χ0v) is 10.2. The predicted molar refractivity (Wildman–Crippen MR) is 64.4 cm³/mol. The number of rotatable bonds is 3. The molecule has 1 aliphatic rings. The van der Waals surface area contributed by atoms with Gasteiger partial charge in [-0.25, -0.2) is 8.78 Å². The van der Waals surface area contributed by atoms with E-state index in [1.165, 1.54) is 0 Å². The Balaban J connectivity index is 1.98. The van der Waals surface area contributed by atoms with Crippen molar-refractivity contribution in [3.8, 4) is 0 Å². The molecule has 0 spiro atoms. The lowest BCUT2D eigenvalue weighted by Crippen LogP contribution is -2.13. The van der Waals surface area contributed by atoms with Gasteiger partial charge < -0.3 is 5.73 Å². The number of benzene rings is 1. The van der Waals surface area contributed by atoms with Crippen molar-refractivity contribution < 1.29 is 13.0 Å². The first kappa shape index (κ1) is 12.5. The molecule has 1 aromatic carbocycles. The summed E-state index contributed by atoms with van der Waals surface area (Å²) in [5.74, 6) is -2.41. The first-order valence-corrected chi connectivity index (χ1v) is 6.90. The molecule has 5 heteroatoms. The average Bonchev–Trinajstić information content (AvgIpc) is 2.58. The zero-order valence-electron chi connectivity index (χ0n) is 9.36. The maximum Gasteiger partial charge on any atom is 0.248 e. The molecule has 1 aromatic rings. The molecule has 17 heavy (non-hydrogen) atoms. The molecule has 0 radical (unpaired) electrons. The van der Waals surface area contributed by atoms with Crippen LogP contribution in [-0.2, 0) is 10.8 Å². The Hall–Kier alpha value is -0.970. The molecule has 1 fully saturated rings. The van der Waals surface area contributed by atoms with Crippen molar-refractivity contribution >= 4 is 16.5 Å². The standard InChI is InChI=1S/C12H15F2NOS/c13-12(14)5-4-9(7-12)8-17(16)11-3-1-2-10(15)6-11/h1-3,6,9H,4-5,7-8,15H2. The van der Waals surface area contributed by atoms with Gasteiger partial charge in [-0.2, -0.15) is 0 Å². The minimum absolute atomic E-state index is 0.0776. The number of halogens is 2. The molecule has 0 heterocycles. The molecule has 1 aliphatic carbocycles. The van der Waals surface area contributed by atoms with E-state index in [1.807, 2.05) is 0 Å². The first-order chi connectivity index (χ1) is 7.96. The van der Waals surface area contributed by atoms with Gasteiger partial charge in [0.1, 0.15) is 0 Å². The Morgan fingerprint density at radius 1 is 1.47 bits per heavy atom. The quantitative estimate of drug-likeness (QED) is 0.848. The largest absolute Gasteiger partial charge is 0.399 e. The molecule has 94 valence electrons. The monoisotopic (exact) mass is 259 g/mol. The van der Waals surface area contributed by atoms with Gasteiger partial charge in [-0.15, -0.1) is 0 Å². The van der Waals surface area contributed by atoms with Crippen molar-refractivity contribution in [1.29, 1.82) is 0 Å². The van der Waals surface area contributed by atoms with Crippen LogP contribution in [0.3, 0.4) is 0 Å². The molecule has 1 saturated carbocycles. The molecule has 0 aliphatic heterocycles. The second-order valence-electron chi connectivity index (χ2n) is 4.55. The smallest absolute Gasteiger partial charge is 0.248 e. The van der Waals surface area contributed by atoms with Crippen LogP contribution >= 0.6 is 0 Å². The molecule has 0 amide bonds. The summed E-state index contributed by atoms with van der Waals surface area (Å²) < 4.78 is 38.0. The van der Waals surface area contributed by atoms with Gasteiger partial charge in [-0.3, -0.25) is 4.21 Å². The van der Waals surface area contributed by atoms with Crippen LogP contribution in [0.25, 0.3) is 0 Å².